The molecule has 0 spiro atoms. The lowest BCUT2D eigenvalue weighted by molar-refractivity contribution is -0.113. The third kappa shape index (κ3) is 3.18. The zero-order valence-electron chi connectivity index (χ0n) is 15.0. The molecule has 0 aliphatic rings. The van der Waals surface area contributed by atoms with Gasteiger partial charge >= 0.3 is 0 Å². The molecule has 0 atom stereocenters. The van der Waals surface area contributed by atoms with Gasteiger partial charge in [-0.25, -0.2) is 15.0 Å². The maximum absolute atomic E-state index is 12.5. The van der Waals surface area contributed by atoms with Gasteiger partial charge in [-0.05, 0) is 6.08 Å². The standard InChI is InChI=1S/C20H16N6O2/c1-26-11-22-10-16(26)19(28)13-4-2-12(3-5-13)15-9-24-20-18(25-15)14(8-23-20)6-7-17(21)27/h2-11H,1H3,(H2,21,27)(H,23,24)/b7-6+. The Morgan fingerprint density at radius 3 is 2.64 bits per heavy atom. The zero-order valence-corrected chi connectivity index (χ0v) is 15.0. The Hall–Kier alpha value is -4.07. The van der Waals surface area contributed by atoms with Crippen molar-refractivity contribution in [1.29, 1.82) is 0 Å². The molecule has 3 heterocycles. The minimum absolute atomic E-state index is 0.0994. The molecule has 4 rings (SSSR count). The van der Waals surface area contributed by atoms with Crippen molar-refractivity contribution in [3.63, 3.8) is 0 Å². The Bertz CT molecular complexity index is 1220. The van der Waals surface area contributed by atoms with Crippen molar-refractivity contribution in [2.24, 2.45) is 12.8 Å². The average molecular weight is 372 g/mol. The van der Waals surface area contributed by atoms with E-state index in [4.69, 9.17) is 5.73 Å². The number of carbonyl (C=O) groups is 2. The van der Waals surface area contributed by atoms with Gasteiger partial charge in [-0.2, -0.15) is 0 Å². The normalized spacial score (nSPS) is 11.3. The van der Waals surface area contributed by atoms with E-state index < -0.39 is 5.91 Å². The van der Waals surface area contributed by atoms with E-state index in [0.29, 0.717) is 33.7 Å². The van der Waals surface area contributed by atoms with Crippen LogP contribution in [-0.2, 0) is 11.8 Å². The SMILES string of the molecule is Cn1cncc1C(=O)c1ccc(-c2cnc3[nH]cc(/C=C/C(N)=O)c3n2)cc1. The minimum atomic E-state index is -0.535. The summed E-state index contributed by atoms with van der Waals surface area (Å²) in [5, 5.41) is 0. The first-order valence-electron chi connectivity index (χ1n) is 8.46. The Morgan fingerprint density at radius 2 is 1.96 bits per heavy atom. The Labute approximate surface area is 159 Å². The van der Waals surface area contributed by atoms with Crippen molar-refractivity contribution in [2.75, 3.05) is 0 Å². The van der Waals surface area contributed by atoms with Gasteiger partial charge < -0.3 is 15.3 Å². The van der Waals surface area contributed by atoms with Gasteiger partial charge in [0.1, 0.15) is 11.2 Å². The number of nitrogens with two attached hydrogens (primary N) is 1. The minimum Gasteiger partial charge on any atom is -0.366 e. The van der Waals surface area contributed by atoms with Gasteiger partial charge in [0, 0.05) is 36.0 Å². The first kappa shape index (κ1) is 17.3. The van der Waals surface area contributed by atoms with E-state index in [1.165, 1.54) is 6.08 Å². The summed E-state index contributed by atoms with van der Waals surface area (Å²) in [4.78, 5) is 39.5. The van der Waals surface area contributed by atoms with Gasteiger partial charge in [-0.1, -0.05) is 24.3 Å². The summed E-state index contributed by atoms with van der Waals surface area (Å²) in [6.45, 7) is 0. The summed E-state index contributed by atoms with van der Waals surface area (Å²) in [6, 6.07) is 7.15. The maximum atomic E-state index is 12.5. The fourth-order valence-corrected chi connectivity index (χ4v) is 2.86. The first-order valence-corrected chi connectivity index (χ1v) is 8.46. The molecule has 0 saturated carbocycles. The molecule has 3 N–H and O–H groups in total. The van der Waals surface area contributed by atoms with E-state index in [0.717, 1.165) is 5.56 Å². The van der Waals surface area contributed by atoms with Crippen LogP contribution in [0, 0.1) is 0 Å². The molecule has 8 heteroatoms. The average Bonchev–Trinajstić information content (AvgIpc) is 3.31. The van der Waals surface area contributed by atoms with Crippen LogP contribution in [0.5, 0.6) is 0 Å². The number of ketones is 1. The van der Waals surface area contributed by atoms with Crippen molar-refractivity contribution in [3.8, 4) is 11.3 Å². The molecule has 1 aromatic carbocycles. The number of fused-ring (bicyclic) bond motifs is 1. The van der Waals surface area contributed by atoms with Gasteiger partial charge in [0.05, 0.1) is 24.4 Å². The highest BCUT2D eigenvalue weighted by molar-refractivity contribution is 6.08. The van der Waals surface area contributed by atoms with E-state index in [2.05, 4.69) is 19.9 Å². The quantitative estimate of drug-likeness (QED) is 0.411. The Balaban J connectivity index is 1.66. The predicted molar refractivity (Wildman–Crippen MR) is 104 cm³/mol. The van der Waals surface area contributed by atoms with Crippen LogP contribution in [0.15, 0.2) is 55.3 Å². The Morgan fingerprint density at radius 1 is 1.18 bits per heavy atom. The van der Waals surface area contributed by atoms with Crippen molar-refractivity contribution in [2.45, 2.75) is 0 Å². The number of aromatic nitrogens is 5. The smallest absolute Gasteiger partial charge is 0.241 e. The number of rotatable bonds is 5. The second kappa shape index (κ2) is 6.92. The van der Waals surface area contributed by atoms with Crippen molar-refractivity contribution in [3.05, 3.63) is 72.1 Å². The highest BCUT2D eigenvalue weighted by atomic mass is 16.1. The van der Waals surface area contributed by atoms with E-state index >= 15 is 0 Å². The number of H-pyrrole nitrogens is 1. The number of nitrogens with one attached hydrogen (secondary N) is 1. The van der Waals surface area contributed by atoms with Crippen LogP contribution < -0.4 is 5.73 Å². The van der Waals surface area contributed by atoms with Crippen molar-refractivity contribution < 1.29 is 9.59 Å². The van der Waals surface area contributed by atoms with Gasteiger partial charge in [0.2, 0.25) is 11.7 Å². The number of aryl methyl sites for hydroxylation is 1. The number of primary amides is 1. The zero-order chi connectivity index (χ0) is 19.7. The number of carbonyl (C=O) groups excluding carboxylic acids is 2. The Kier molecular flexibility index (Phi) is 4.29. The molecule has 0 unspecified atom stereocenters. The van der Waals surface area contributed by atoms with Gasteiger partial charge in [-0.3, -0.25) is 9.59 Å². The van der Waals surface area contributed by atoms with Crippen molar-refractivity contribution in [1.82, 2.24) is 24.5 Å². The van der Waals surface area contributed by atoms with Crippen LogP contribution in [0.25, 0.3) is 28.5 Å². The summed E-state index contributed by atoms with van der Waals surface area (Å²) < 4.78 is 1.68. The van der Waals surface area contributed by atoms with Crippen LogP contribution in [0.3, 0.4) is 0 Å². The lowest BCUT2D eigenvalue weighted by Gasteiger charge is -2.04. The number of hydrogen-bond acceptors (Lipinski definition) is 5. The van der Waals surface area contributed by atoms with Gasteiger partial charge in [0.15, 0.2) is 5.65 Å². The summed E-state index contributed by atoms with van der Waals surface area (Å²) >= 11 is 0. The summed E-state index contributed by atoms with van der Waals surface area (Å²) in [5.41, 5.74) is 9.66. The largest absolute Gasteiger partial charge is 0.366 e. The molecule has 138 valence electrons. The van der Waals surface area contributed by atoms with Crippen molar-refractivity contribution >= 4 is 28.9 Å². The van der Waals surface area contributed by atoms with E-state index in [1.807, 2.05) is 12.1 Å². The number of aromatic amines is 1. The molecule has 1 amide bonds. The van der Waals surface area contributed by atoms with Crippen LogP contribution in [0.1, 0.15) is 21.6 Å². The third-order valence-electron chi connectivity index (χ3n) is 4.33. The van der Waals surface area contributed by atoms with E-state index in [1.54, 1.807) is 54.7 Å². The monoisotopic (exact) mass is 372 g/mol. The van der Waals surface area contributed by atoms with Crippen LogP contribution in [0.4, 0.5) is 0 Å². The number of imidazole rings is 1. The topological polar surface area (TPSA) is 120 Å². The van der Waals surface area contributed by atoms with Crippen LogP contribution in [-0.4, -0.2) is 36.2 Å². The molecule has 0 fully saturated rings. The lowest BCUT2D eigenvalue weighted by Crippen LogP contribution is -2.06. The van der Waals surface area contributed by atoms with Gasteiger partial charge in [0.25, 0.3) is 0 Å². The third-order valence-corrected chi connectivity index (χ3v) is 4.33. The molecule has 3 aromatic heterocycles. The molecule has 0 bridgehead atoms. The van der Waals surface area contributed by atoms with E-state index in [-0.39, 0.29) is 5.78 Å². The molecular weight excluding hydrogens is 356 g/mol. The molecule has 8 nitrogen and oxygen atoms in total. The molecule has 0 radical (unpaired) electrons. The maximum Gasteiger partial charge on any atom is 0.241 e. The van der Waals surface area contributed by atoms with Crippen LogP contribution >= 0.6 is 0 Å². The molecular formula is C20H16N6O2. The molecule has 0 saturated heterocycles. The summed E-state index contributed by atoms with van der Waals surface area (Å²) in [6.07, 6.45) is 9.36. The van der Waals surface area contributed by atoms with E-state index in [9.17, 15) is 9.59 Å². The summed E-state index contributed by atoms with van der Waals surface area (Å²) in [5.74, 6) is -0.635. The number of nitrogens with zero attached hydrogens (tertiary/aromatic N) is 4. The summed E-state index contributed by atoms with van der Waals surface area (Å²) in [7, 11) is 1.78. The fourth-order valence-electron chi connectivity index (χ4n) is 2.86. The number of amides is 1. The number of benzene rings is 1. The fraction of sp³-hybridized carbons (Fsp3) is 0.0500. The van der Waals surface area contributed by atoms with Crippen LogP contribution in [0.2, 0.25) is 0 Å². The molecule has 0 aliphatic heterocycles. The lowest BCUT2D eigenvalue weighted by atomic mass is 10.0. The number of hydrogen-bond donors (Lipinski definition) is 2. The highest BCUT2D eigenvalue weighted by Gasteiger charge is 2.13. The molecule has 4 aromatic rings. The molecule has 28 heavy (non-hydrogen) atoms. The highest BCUT2D eigenvalue weighted by Crippen LogP contribution is 2.22. The van der Waals surface area contributed by atoms with Gasteiger partial charge in [-0.15, -0.1) is 0 Å². The molecule has 0 aliphatic carbocycles. The second-order valence-electron chi connectivity index (χ2n) is 6.23. The second-order valence-corrected chi connectivity index (χ2v) is 6.23. The first-order chi connectivity index (χ1) is 13.5. The predicted octanol–water partition coefficient (Wildman–Crippen LogP) is 2.09.